The smallest absolute Gasteiger partial charge is 0.270 e. The number of rotatable bonds is 4. The molecule has 6 heteroatoms. The maximum absolute atomic E-state index is 12.1. The number of benzene rings is 1. The van der Waals surface area contributed by atoms with Crippen LogP contribution >= 0.6 is 0 Å². The van der Waals surface area contributed by atoms with Gasteiger partial charge in [-0.2, -0.15) is 0 Å². The van der Waals surface area contributed by atoms with Gasteiger partial charge in [-0.15, -0.1) is 0 Å². The molecule has 1 amide bonds. The van der Waals surface area contributed by atoms with Crippen molar-refractivity contribution in [2.75, 3.05) is 25.0 Å². The number of amides is 1. The molecule has 2 aromatic rings. The molecule has 136 valence electrons. The van der Waals surface area contributed by atoms with Gasteiger partial charge >= 0.3 is 0 Å². The zero-order valence-corrected chi connectivity index (χ0v) is 15.2. The van der Waals surface area contributed by atoms with Crippen LogP contribution in [0.3, 0.4) is 0 Å². The summed E-state index contributed by atoms with van der Waals surface area (Å²) >= 11 is 0. The van der Waals surface area contributed by atoms with Gasteiger partial charge in [0, 0.05) is 37.8 Å². The Kier molecular flexibility index (Phi) is 4.84. The Morgan fingerprint density at radius 1 is 1.19 bits per heavy atom. The van der Waals surface area contributed by atoms with Crippen LogP contribution in [0, 0.1) is 6.92 Å². The maximum atomic E-state index is 12.1. The van der Waals surface area contributed by atoms with Crippen LogP contribution in [-0.4, -0.2) is 46.5 Å². The summed E-state index contributed by atoms with van der Waals surface area (Å²) in [7, 11) is 0. The Morgan fingerprint density at radius 2 is 1.96 bits per heavy atom. The van der Waals surface area contributed by atoms with E-state index in [1.165, 1.54) is 5.56 Å². The summed E-state index contributed by atoms with van der Waals surface area (Å²) in [6.07, 6.45) is 2.95. The van der Waals surface area contributed by atoms with E-state index >= 15 is 0 Å². The number of carbonyl (C=O) groups is 1. The lowest BCUT2D eigenvalue weighted by Gasteiger charge is -2.33. The predicted octanol–water partition coefficient (Wildman–Crippen LogP) is 2.15. The second-order valence-corrected chi connectivity index (χ2v) is 7.13. The van der Waals surface area contributed by atoms with Crippen LogP contribution in [0.1, 0.15) is 40.3 Å². The van der Waals surface area contributed by atoms with Crippen molar-refractivity contribution in [3.8, 4) is 0 Å². The van der Waals surface area contributed by atoms with Crippen LogP contribution in [0.5, 0.6) is 0 Å². The van der Waals surface area contributed by atoms with Crippen LogP contribution < -0.4 is 10.6 Å². The van der Waals surface area contributed by atoms with Gasteiger partial charge in [0.2, 0.25) is 0 Å². The van der Waals surface area contributed by atoms with Crippen LogP contribution in [-0.2, 0) is 13.0 Å². The molecule has 1 aromatic heterocycles. The maximum Gasteiger partial charge on any atom is 0.270 e. The quantitative estimate of drug-likeness (QED) is 0.883. The molecule has 2 aliphatic rings. The van der Waals surface area contributed by atoms with E-state index < -0.39 is 0 Å². The molecule has 0 spiro atoms. The summed E-state index contributed by atoms with van der Waals surface area (Å²) in [5, 5.41) is 6.46. The van der Waals surface area contributed by atoms with Gasteiger partial charge in [0.15, 0.2) is 0 Å². The number of piperidine rings is 1. The van der Waals surface area contributed by atoms with Gasteiger partial charge in [-0.05, 0) is 31.7 Å². The monoisotopic (exact) mass is 351 g/mol. The van der Waals surface area contributed by atoms with Crippen molar-refractivity contribution in [1.29, 1.82) is 0 Å². The van der Waals surface area contributed by atoms with Crippen molar-refractivity contribution in [1.82, 2.24) is 20.2 Å². The lowest BCUT2D eigenvalue weighted by Crippen LogP contribution is -2.40. The fourth-order valence-corrected chi connectivity index (χ4v) is 3.79. The molecule has 6 nitrogen and oxygen atoms in total. The molecule has 0 unspecified atom stereocenters. The number of nitrogens with zero attached hydrogens (tertiary/aromatic N) is 3. The minimum Gasteiger partial charge on any atom is -0.367 e. The normalized spacial score (nSPS) is 18.3. The Hall–Kier alpha value is -2.47. The standard InChI is InChI=1S/C20H25N5O/c1-14-22-18-17(7-10-21-20(18)26)19(23-14)24-16-8-11-25(12-9-16)13-15-5-3-2-4-6-15/h2-6,16H,7-13H2,1H3,(H,21,26)(H,22,23,24). The van der Waals surface area contributed by atoms with Gasteiger partial charge < -0.3 is 10.6 Å². The van der Waals surface area contributed by atoms with Crippen LogP contribution in [0.15, 0.2) is 30.3 Å². The third-order valence-electron chi connectivity index (χ3n) is 5.17. The molecule has 2 aliphatic heterocycles. The van der Waals surface area contributed by atoms with E-state index in [0.29, 0.717) is 24.1 Å². The number of likely N-dealkylation sites (tertiary alicyclic amines) is 1. The molecule has 0 aliphatic carbocycles. The van der Waals surface area contributed by atoms with E-state index in [2.05, 4.69) is 55.8 Å². The van der Waals surface area contributed by atoms with Gasteiger partial charge in [0.25, 0.3) is 5.91 Å². The molecular formula is C20H25N5O. The summed E-state index contributed by atoms with van der Waals surface area (Å²) in [4.78, 5) is 23.5. The minimum atomic E-state index is -0.0857. The van der Waals surface area contributed by atoms with Crippen LogP contribution in [0.2, 0.25) is 0 Å². The van der Waals surface area contributed by atoms with Crippen molar-refractivity contribution < 1.29 is 4.79 Å². The topological polar surface area (TPSA) is 70.2 Å². The first-order valence-electron chi connectivity index (χ1n) is 9.37. The molecule has 0 radical (unpaired) electrons. The summed E-state index contributed by atoms with van der Waals surface area (Å²) < 4.78 is 0. The van der Waals surface area contributed by atoms with Crippen LogP contribution in [0.25, 0.3) is 0 Å². The van der Waals surface area contributed by atoms with E-state index in [9.17, 15) is 4.79 Å². The average Bonchev–Trinajstić information content (AvgIpc) is 2.65. The van der Waals surface area contributed by atoms with Crippen molar-refractivity contribution >= 4 is 11.7 Å². The fourth-order valence-electron chi connectivity index (χ4n) is 3.79. The first kappa shape index (κ1) is 17.0. The molecule has 3 heterocycles. The third-order valence-corrected chi connectivity index (χ3v) is 5.17. The van der Waals surface area contributed by atoms with E-state index in [-0.39, 0.29) is 5.91 Å². The zero-order chi connectivity index (χ0) is 17.9. The van der Waals surface area contributed by atoms with E-state index in [1.54, 1.807) is 0 Å². The highest BCUT2D eigenvalue weighted by atomic mass is 16.1. The van der Waals surface area contributed by atoms with E-state index in [4.69, 9.17) is 0 Å². The lowest BCUT2D eigenvalue weighted by molar-refractivity contribution is 0.0940. The van der Waals surface area contributed by atoms with Crippen molar-refractivity contribution in [2.45, 2.75) is 38.8 Å². The summed E-state index contributed by atoms with van der Waals surface area (Å²) in [5.41, 5.74) is 2.87. The van der Waals surface area contributed by atoms with Gasteiger partial charge in [-0.3, -0.25) is 9.69 Å². The Bertz CT molecular complexity index is 784. The third kappa shape index (κ3) is 3.70. The Morgan fingerprint density at radius 3 is 2.73 bits per heavy atom. The van der Waals surface area contributed by atoms with Gasteiger partial charge in [0.1, 0.15) is 17.3 Å². The first-order valence-corrected chi connectivity index (χ1v) is 9.37. The molecule has 2 N–H and O–H groups in total. The first-order chi connectivity index (χ1) is 12.7. The van der Waals surface area contributed by atoms with Gasteiger partial charge in [0.05, 0.1) is 0 Å². The number of aryl methyl sites for hydroxylation is 1. The summed E-state index contributed by atoms with van der Waals surface area (Å²) in [6, 6.07) is 11.0. The molecule has 0 atom stereocenters. The number of aromatic nitrogens is 2. The average molecular weight is 351 g/mol. The summed E-state index contributed by atoms with van der Waals surface area (Å²) in [5.74, 6) is 1.41. The SMILES string of the molecule is Cc1nc(NC2CCN(Cc3ccccc3)CC2)c2c(n1)C(=O)NCC2. The minimum absolute atomic E-state index is 0.0857. The lowest BCUT2D eigenvalue weighted by atomic mass is 10.0. The highest BCUT2D eigenvalue weighted by Crippen LogP contribution is 2.23. The number of hydrogen-bond acceptors (Lipinski definition) is 5. The largest absolute Gasteiger partial charge is 0.367 e. The molecule has 1 saturated heterocycles. The van der Waals surface area contributed by atoms with Crippen LogP contribution in [0.4, 0.5) is 5.82 Å². The number of fused-ring (bicyclic) bond motifs is 1. The fraction of sp³-hybridized carbons (Fsp3) is 0.450. The zero-order valence-electron chi connectivity index (χ0n) is 15.2. The molecular weight excluding hydrogens is 326 g/mol. The number of anilines is 1. The molecule has 1 fully saturated rings. The molecule has 4 rings (SSSR count). The molecule has 1 aromatic carbocycles. The van der Waals surface area contributed by atoms with Crippen molar-refractivity contribution in [2.24, 2.45) is 0 Å². The highest BCUT2D eigenvalue weighted by molar-refractivity contribution is 5.96. The second-order valence-electron chi connectivity index (χ2n) is 7.13. The van der Waals surface area contributed by atoms with E-state index in [1.807, 2.05) is 6.92 Å². The Labute approximate surface area is 154 Å². The molecule has 0 bridgehead atoms. The number of hydrogen-bond donors (Lipinski definition) is 2. The van der Waals surface area contributed by atoms with Gasteiger partial charge in [-0.1, -0.05) is 30.3 Å². The van der Waals surface area contributed by atoms with Crippen molar-refractivity contribution in [3.63, 3.8) is 0 Å². The Balaban J connectivity index is 1.40. The predicted molar refractivity (Wildman–Crippen MR) is 101 cm³/mol. The molecule has 0 saturated carbocycles. The number of carbonyl (C=O) groups excluding carboxylic acids is 1. The highest BCUT2D eigenvalue weighted by Gasteiger charge is 2.25. The van der Waals surface area contributed by atoms with Crippen molar-refractivity contribution in [3.05, 3.63) is 53.0 Å². The molecule has 26 heavy (non-hydrogen) atoms. The van der Waals surface area contributed by atoms with E-state index in [0.717, 1.165) is 50.3 Å². The second kappa shape index (κ2) is 7.41. The number of nitrogens with one attached hydrogen (secondary N) is 2. The summed E-state index contributed by atoms with van der Waals surface area (Å²) in [6.45, 7) is 5.65. The van der Waals surface area contributed by atoms with Gasteiger partial charge in [-0.25, -0.2) is 9.97 Å².